The number of nitrogens with zero attached hydrogens (tertiary/aromatic N) is 1. The molecule has 1 aromatic heterocycles. The van der Waals surface area contributed by atoms with Crippen LogP contribution in [0.1, 0.15) is 33.6 Å². The normalized spacial score (nSPS) is 12.3. The van der Waals surface area contributed by atoms with E-state index < -0.39 is 0 Å². The Balaban J connectivity index is 2.56. The number of pyridine rings is 1. The molecule has 0 bridgehead atoms. The number of amides is 2. The summed E-state index contributed by atoms with van der Waals surface area (Å²) in [7, 11) is 1.64. The third-order valence-electron chi connectivity index (χ3n) is 2.95. The maximum Gasteiger partial charge on any atom is 0.319 e. The minimum atomic E-state index is -0.258. The number of halogens is 1. The van der Waals surface area contributed by atoms with E-state index in [9.17, 15) is 9.59 Å². The summed E-state index contributed by atoms with van der Waals surface area (Å²) >= 11 is 3.17. The van der Waals surface area contributed by atoms with Crippen LogP contribution in [0.15, 0.2) is 21.5 Å². The van der Waals surface area contributed by atoms with E-state index in [1.807, 2.05) is 6.92 Å². The number of carbonyl (C=O) groups excluding carboxylic acids is 1. The first-order chi connectivity index (χ1) is 9.29. The van der Waals surface area contributed by atoms with Crippen molar-refractivity contribution < 1.29 is 4.79 Å². The van der Waals surface area contributed by atoms with Crippen LogP contribution in [-0.4, -0.2) is 16.6 Å². The summed E-state index contributed by atoms with van der Waals surface area (Å²) in [6, 6.07) is 1.46. The van der Waals surface area contributed by atoms with Gasteiger partial charge in [-0.3, -0.25) is 4.79 Å². The van der Waals surface area contributed by atoms with Gasteiger partial charge in [-0.05, 0) is 47.7 Å². The van der Waals surface area contributed by atoms with Gasteiger partial charge < -0.3 is 15.2 Å². The van der Waals surface area contributed by atoms with Crippen molar-refractivity contribution in [3.63, 3.8) is 0 Å². The summed E-state index contributed by atoms with van der Waals surface area (Å²) < 4.78 is 1.84. The number of carbonyl (C=O) groups is 1. The van der Waals surface area contributed by atoms with Crippen molar-refractivity contribution in [3.8, 4) is 0 Å². The molecule has 20 heavy (non-hydrogen) atoms. The Morgan fingerprint density at radius 1 is 1.35 bits per heavy atom. The van der Waals surface area contributed by atoms with Gasteiger partial charge in [-0.15, -0.1) is 0 Å². The topological polar surface area (TPSA) is 63.1 Å². The lowest BCUT2D eigenvalue weighted by molar-refractivity contribution is 0.248. The summed E-state index contributed by atoms with van der Waals surface area (Å²) in [5.74, 6) is 0.627. The highest BCUT2D eigenvalue weighted by Crippen LogP contribution is 2.11. The molecule has 2 amide bonds. The van der Waals surface area contributed by atoms with Crippen LogP contribution in [0.5, 0.6) is 0 Å². The van der Waals surface area contributed by atoms with Gasteiger partial charge in [0.05, 0.1) is 10.2 Å². The van der Waals surface area contributed by atoms with Gasteiger partial charge in [0.2, 0.25) is 0 Å². The third kappa shape index (κ3) is 5.36. The van der Waals surface area contributed by atoms with E-state index in [-0.39, 0.29) is 17.6 Å². The largest absolute Gasteiger partial charge is 0.335 e. The van der Waals surface area contributed by atoms with Crippen molar-refractivity contribution >= 4 is 27.6 Å². The lowest BCUT2D eigenvalue weighted by Gasteiger charge is -2.16. The summed E-state index contributed by atoms with van der Waals surface area (Å²) in [6.07, 6.45) is 3.61. The molecule has 0 aromatic carbocycles. The Morgan fingerprint density at radius 3 is 2.55 bits per heavy atom. The molecule has 1 aromatic rings. The van der Waals surface area contributed by atoms with Gasteiger partial charge in [-0.25, -0.2) is 4.79 Å². The van der Waals surface area contributed by atoms with Gasteiger partial charge in [0.15, 0.2) is 0 Å². The van der Waals surface area contributed by atoms with Crippen molar-refractivity contribution in [1.82, 2.24) is 9.88 Å². The zero-order valence-electron chi connectivity index (χ0n) is 12.4. The van der Waals surface area contributed by atoms with Gasteiger partial charge in [0, 0.05) is 19.3 Å². The second kappa shape index (κ2) is 7.47. The quantitative estimate of drug-likeness (QED) is 0.862. The lowest BCUT2D eigenvalue weighted by atomic mass is 10.0. The molecule has 1 atom stereocenters. The predicted molar refractivity (Wildman–Crippen MR) is 85.1 cm³/mol. The fourth-order valence-electron chi connectivity index (χ4n) is 1.79. The van der Waals surface area contributed by atoms with E-state index in [0.29, 0.717) is 16.1 Å². The van der Waals surface area contributed by atoms with Crippen LogP contribution in [0.3, 0.4) is 0 Å². The van der Waals surface area contributed by atoms with Gasteiger partial charge in [-0.2, -0.15) is 0 Å². The van der Waals surface area contributed by atoms with E-state index in [2.05, 4.69) is 40.4 Å². The van der Waals surface area contributed by atoms with Crippen LogP contribution in [0.2, 0.25) is 0 Å². The fourth-order valence-corrected chi connectivity index (χ4v) is 2.31. The molecule has 112 valence electrons. The minimum Gasteiger partial charge on any atom is -0.335 e. The van der Waals surface area contributed by atoms with Crippen molar-refractivity contribution in [2.75, 3.05) is 5.32 Å². The average Bonchev–Trinajstić information content (AvgIpc) is 2.33. The Hall–Kier alpha value is -1.30. The lowest BCUT2D eigenvalue weighted by Crippen LogP contribution is -2.36. The van der Waals surface area contributed by atoms with E-state index in [1.165, 1.54) is 4.57 Å². The van der Waals surface area contributed by atoms with Crippen molar-refractivity contribution in [3.05, 3.63) is 27.1 Å². The summed E-state index contributed by atoms with van der Waals surface area (Å²) in [4.78, 5) is 23.4. The molecule has 0 aliphatic carbocycles. The molecule has 0 saturated heterocycles. The minimum absolute atomic E-state index is 0.119. The number of rotatable bonds is 5. The van der Waals surface area contributed by atoms with Crippen LogP contribution in [-0.2, 0) is 7.05 Å². The first-order valence-corrected chi connectivity index (χ1v) is 7.52. The highest BCUT2D eigenvalue weighted by atomic mass is 79.9. The average molecular weight is 344 g/mol. The van der Waals surface area contributed by atoms with Crippen LogP contribution >= 0.6 is 15.9 Å². The van der Waals surface area contributed by atoms with Gasteiger partial charge in [0.25, 0.3) is 5.56 Å². The SMILES string of the molecule is CC(C)CC[C@H](C)NC(=O)Nc1cc(Br)c(=O)n(C)c1. The molecule has 0 fully saturated rings. The highest BCUT2D eigenvalue weighted by molar-refractivity contribution is 9.10. The van der Waals surface area contributed by atoms with Crippen molar-refractivity contribution in [1.29, 1.82) is 0 Å². The number of aryl methyl sites for hydroxylation is 1. The number of hydrogen-bond acceptors (Lipinski definition) is 2. The van der Waals surface area contributed by atoms with Gasteiger partial charge >= 0.3 is 6.03 Å². The Morgan fingerprint density at radius 2 is 2.00 bits per heavy atom. The predicted octanol–water partition coefficient (Wildman–Crippen LogP) is 3.09. The number of nitrogens with one attached hydrogen (secondary N) is 2. The monoisotopic (exact) mass is 343 g/mol. The maximum absolute atomic E-state index is 11.9. The molecule has 0 radical (unpaired) electrons. The number of urea groups is 1. The molecular weight excluding hydrogens is 322 g/mol. The Bertz CT molecular complexity index is 499. The standard InChI is InChI=1S/C14H22BrN3O2/c1-9(2)5-6-10(3)16-14(20)17-11-7-12(15)13(19)18(4)8-11/h7-10H,5-6H2,1-4H3,(H2,16,17,20)/t10-/m0/s1. The Kier molecular flexibility index (Phi) is 6.26. The Labute approximate surface area is 127 Å². The van der Waals surface area contributed by atoms with Crippen molar-refractivity contribution in [2.45, 2.75) is 39.7 Å². The highest BCUT2D eigenvalue weighted by Gasteiger charge is 2.09. The van der Waals surface area contributed by atoms with Gasteiger partial charge in [0.1, 0.15) is 0 Å². The van der Waals surface area contributed by atoms with E-state index >= 15 is 0 Å². The van der Waals surface area contributed by atoms with Crippen LogP contribution in [0, 0.1) is 5.92 Å². The summed E-state index contributed by atoms with van der Waals surface area (Å²) in [5, 5.41) is 5.61. The number of aromatic nitrogens is 1. The van der Waals surface area contributed by atoms with E-state index in [0.717, 1.165) is 12.8 Å². The number of hydrogen-bond donors (Lipinski definition) is 2. The molecule has 0 aliphatic rings. The van der Waals surface area contributed by atoms with Gasteiger partial charge in [-0.1, -0.05) is 13.8 Å². The second-order valence-electron chi connectivity index (χ2n) is 5.46. The number of anilines is 1. The molecule has 6 heteroatoms. The molecule has 0 unspecified atom stereocenters. The summed E-state index contributed by atoms with van der Waals surface area (Å²) in [5.41, 5.74) is 0.439. The molecule has 5 nitrogen and oxygen atoms in total. The third-order valence-corrected chi connectivity index (χ3v) is 3.52. The molecule has 1 rings (SSSR count). The van der Waals surface area contributed by atoms with Crippen LogP contribution in [0.4, 0.5) is 10.5 Å². The van der Waals surface area contributed by atoms with Crippen LogP contribution in [0.25, 0.3) is 0 Å². The molecule has 0 spiro atoms. The zero-order chi connectivity index (χ0) is 15.3. The molecule has 1 heterocycles. The van der Waals surface area contributed by atoms with Crippen molar-refractivity contribution in [2.24, 2.45) is 13.0 Å². The molecule has 2 N–H and O–H groups in total. The first kappa shape index (κ1) is 16.8. The fraction of sp³-hybridized carbons (Fsp3) is 0.571. The second-order valence-corrected chi connectivity index (χ2v) is 6.32. The van der Waals surface area contributed by atoms with Crippen LogP contribution < -0.4 is 16.2 Å². The zero-order valence-corrected chi connectivity index (χ0v) is 14.0. The first-order valence-electron chi connectivity index (χ1n) is 6.73. The molecule has 0 saturated carbocycles. The van der Waals surface area contributed by atoms with E-state index in [4.69, 9.17) is 0 Å². The summed E-state index contributed by atoms with van der Waals surface area (Å²) in [6.45, 7) is 6.31. The molecule has 0 aliphatic heterocycles. The molecular formula is C14H22BrN3O2. The van der Waals surface area contributed by atoms with E-state index in [1.54, 1.807) is 19.3 Å². The smallest absolute Gasteiger partial charge is 0.319 e. The maximum atomic E-state index is 11.9.